The Balaban J connectivity index is 1.60. The van der Waals surface area contributed by atoms with Crippen LogP contribution in [0.15, 0.2) is 12.3 Å². The summed E-state index contributed by atoms with van der Waals surface area (Å²) in [7, 11) is 0. The number of nitrogens with one attached hydrogen (secondary N) is 1. The summed E-state index contributed by atoms with van der Waals surface area (Å²) in [5.74, 6) is -2.44. The van der Waals surface area contributed by atoms with Crippen LogP contribution in [0, 0.1) is 5.92 Å². The lowest BCUT2D eigenvalue weighted by Crippen LogP contribution is -2.44. The van der Waals surface area contributed by atoms with Crippen LogP contribution in [0.3, 0.4) is 0 Å². The van der Waals surface area contributed by atoms with Gasteiger partial charge in [-0.05, 0) is 31.7 Å². The highest BCUT2D eigenvalue weighted by molar-refractivity contribution is 5.79. The summed E-state index contributed by atoms with van der Waals surface area (Å²) >= 11 is 0. The minimum absolute atomic E-state index is 0.0646. The van der Waals surface area contributed by atoms with Crippen molar-refractivity contribution in [2.24, 2.45) is 5.92 Å². The van der Waals surface area contributed by atoms with Crippen molar-refractivity contribution >= 4 is 5.91 Å². The summed E-state index contributed by atoms with van der Waals surface area (Å²) in [4.78, 5) is 14.4. The van der Waals surface area contributed by atoms with E-state index in [4.69, 9.17) is 0 Å². The molecule has 1 saturated carbocycles. The van der Waals surface area contributed by atoms with Crippen molar-refractivity contribution in [1.29, 1.82) is 0 Å². The van der Waals surface area contributed by atoms with Gasteiger partial charge in [0.25, 0.3) is 0 Å². The highest BCUT2D eigenvalue weighted by Crippen LogP contribution is 2.37. The van der Waals surface area contributed by atoms with Crippen LogP contribution in [0.4, 0.5) is 8.78 Å². The second kappa shape index (κ2) is 5.73. The third kappa shape index (κ3) is 3.24. The Bertz CT molecular complexity index is 479. The van der Waals surface area contributed by atoms with Crippen LogP contribution in [-0.2, 0) is 4.79 Å². The lowest BCUT2D eigenvalue weighted by Gasteiger charge is -2.36. The number of carbonyl (C=O) groups is 1. The average Bonchev–Trinajstić information content (AvgIpc) is 3.01. The molecule has 3 rings (SSSR count). The minimum atomic E-state index is -2.57. The van der Waals surface area contributed by atoms with Crippen molar-refractivity contribution in [3.8, 4) is 0 Å². The maximum Gasteiger partial charge on any atom is 0.248 e. The quantitative estimate of drug-likeness (QED) is 0.912. The number of H-pyrrole nitrogens is 1. The summed E-state index contributed by atoms with van der Waals surface area (Å²) in [6.45, 7) is 1.42. The molecule has 2 aliphatic rings. The second-order valence-corrected chi connectivity index (χ2v) is 6.27. The van der Waals surface area contributed by atoms with Crippen molar-refractivity contribution < 1.29 is 13.6 Å². The third-order valence-electron chi connectivity index (χ3n) is 4.76. The number of hydrogen-bond donors (Lipinski definition) is 1. The van der Waals surface area contributed by atoms with Crippen LogP contribution in [0.5, 0.6) is 0 Å². The van der Waals surface area contributed by atoms with Gasteiger partial charge in [0.2, 0.25) is 11.8 Å². The lowest BCUT2D eigenvalue weighted by atomic mass is 9.85. The van der Waals surface area contributed by atoms with Crippen LogP contribution >= 0.6 is 0 Å². The molecule has 116 valence electrons. The van der Waals surface area contributed by atoms with Gasteiger partial charge in [-0.3, -0.25) is 9.89 Å². The van der Waals surface area contributed by atoms with Crippen molar-refractivity contribution in [3.05, 3.63) is 18.0 Å². The molecule has 2 fully saturated rings. The van der Waals surface area contributed by atoms with Crippen molar-refractivity contribution in [2.45, 2.75) is 50.4 Å². The van der Waals surface area contributed by atoms with Gasteiger partial charge in [0.15, 0.2) is 0 Å². The molecular formula is C15H21F2N3O. The van der Waals surface area contributed by atoms with E-state index in [0.717, 1.165) is 25.1 Å². The van der Waals surface area contributed by atoms with Crippen LogP contribution in [0.25, 0.3) is 0 Å². The van der Waals surface area contributed by atoms with E-state index in [9.17, 15) is 13.6 Å². The molecule has 2 heterocycles. The molecule has 1 aromatic rings. The molecule has 1 N–H and O–H groups in total. The molecule has 0 unspecified atom stereocenters. The van der Waals surface area contributed by atoms with E-state index in [1.807, 2.05) is 11.0 Å². The van der Waals surface area contributed by atoms with Crippen LogP contribution in [0.2, 0.25) is 0 Å². The standard InChI is InChI=1S/C15H21F2N3O/c16-15(17)6-3-11(4-7-15)14(21)20-9-1-2-12(10-20)13-5-8-18-19-13/h5,8,11-12H,1-4,6-7,9-10H2,(H,18,19)/t12-/m1/s1. The molecule has 0 radical (unpaired) electrons. The zero-order valence-electron chi connectivity index (χ0n) is 12.0. The first-order valence-corrected chi connectivity index (χ1v) is 7.71. The number of aromatic nitrogens is 2. The van der Waals surface area contributed by atoms with Crippen LogP contribution in [-0.4, -0.2) is 40.0 Å². The molecule has 1 saturated heterocycles. The largest absolute Gasteiger partial charge is 0.342 e. The predicted octanol–water partition coefficient (Wildman–Crippen LogP) is 2.94. The first-order chi connectivity index (χ1) is 10.1. The number of halogens is 2. The van der Waals surface area contributed by atoms with Crippen LogP contribution in [0.1, 0.15) is 50.1 Å². The van der Waals surface area contributed by atoms with Gasteiger partial charge >= 0.3 is 0 Å². The summed E-state index contributed by atoms with van der Waals surface area (Å²) in [5, 5.41) is 6.93. The Labute approximate surface area is 122 Å². The van der Waals surface area contributed by atoms with Crippen molar-refractivity contribution in [3.63, 3.8) is 0 Å². The lowest BCUT2D eigenvalue weighted by molar-refractivity contribution is -0.140. The molecule has 1 amide bonds. The Morgan fingerprint density at radius 1 is 1.33 bits per heavy atom. The fourth-order valence-electron chi connectivity index (χ4n) is 3.47. The maximum atomic E-state index is 13.2. The Hall–Kier alpha value is -1.46. The molecule has 1 aliphatic heterocycles. The minimum Gasteiger partial charge on any atom is -0.342 e. The van der Waals surface area contributed by atoms with E-state index >= 15 is 0 Å². The summed E-state index contributed by atoms with van der Waals surface area (Å²) in [5.41, 5.74) is 1.06. The number of piperidine rings is 1. The fraction of sp³-hybridized carbons (Fsp3) is 0.733. The molecule has 1 aliphatic carbocycles. The highest BCUT2D eigenvalue weighted by Gasteiger charge is 2.39. The van der Waals surface area contributed by atoms with E-state index < -0.39 is 5.92 Å². The number of nitrogens with zero attached hydrogens (tertiary/aromatic N) is 2. The number of alkyl halides is 2. The molecule has 0 aromatic carbocycles. The summed E-state index contributed by atoms with van der Waals surface area (Å²) in [6.07, 6.45) is 4.04. The monoisotopic (exact) mass is 297 g/mol. The van der Waals surface area contributed by atoms with Crippen molar-refractivity contribution in [1.82, 2.24) is 15.1 Å². The zero-order valence-corrected chi connectivity index (χ0v) is 12.0. The molecule has 1 aromatic heterocycles. The van der Waals surface area contributed by atoms with Gasteiger partial charge in [-0.25, -0.2) is 8.78 Å². The summed E-state index contributed by atoms with van der Waals surface area (Å²) < 4.78 is 26.4. The number of hydrogen-bond acceptors (Lipinski definition) is 2. The van der Waals surface area contributed by atoms with Crippen molar-refractivity contribution in [2.75, 3.05) is 13.1 Å². The Morgan fingerprint density at radius 2 is 2.10 bits per heavy atom. The molecule has 6 heteroatoms. The van der Waals surface area contributed by atoms with Gasteiger partial charge in [-0.15, -0.1) is 0 Å². The molecule has 1 atom stereocenters. The fourth-order valence-corrected chi connectivity index (χ4v) is 3.47. The van der Waals surface area contributed by atoms with E-state index in [-0.39, 0.29) is 30.6 Å². The third-order valence-corrected chi connectivity index (χ3v) is 4.76. The summed E-state index contributed by atoms with van der Waals surface area (Å²) in [6, 6.07) is 1.94. The number of likely N-dealkylation sites (tertiary alicyclic amines) is 1. The molecule has 21 heavy (non-hydrogen) atoms. The van der Waals surface area contributed by atoms with Gasteiger partial charge in [-0.1, -0.05) is 0 Å². The number of rotatable bonds is 2. The first-order valence-electron chi connectivity index (χ1n) is 7.71. The number of carbonyl (C=O) groups excluding carboxylic acids is 1. The zero-order chi connectivity index (χ0) is 14.9. The van der Waals surface area contributed by atoms with Gasteiger partial charge in [-0.2, -0.15) is 5.10 Å². The van der Waals surface area contributed by atoms with Gasteiger partial charge in [0, 0.05) is 49.7 Å². The molecule has 0 spiro atoms. The smallest absolute Gasteiger partial charge is 0.248 e. The molecular weight excluding hydrogens is 276 g/mol. The SMILES string of the molecule is O=C(C1CCC(F)(F)CC1)N1CCC[C@@H](c2ccn[nH]2)C1. The van der Waals surface area contributed by atoms with Gasteiger partial charge in [0.05, 0.1) is 0 Å². The normalized spacial score (nSPS) is 26.8. The number of aromatic amines is 1. The van der Waals surface area contributed by atoms with E-state index in [2.05, 4.69) is 10.2 Å². The maximum absolute atomic E-state index is 13.2. The van der Waals surface area contributed by atoms with Gasteiger partial charge in [0.1, 0.15) is 0 Å². The average molecular weight is 297 g/mol. The molecule has 0 bridgehead atoms. The highest BCUT2D eigenvalue weighted by atomic mass is 19.3. The predicted molar refractivity (Wildman–Crippen MR) is 74.0 cm³/mol. The Morgan fingerprint density at radius 3 is 2.76 bits per heavy atom. The second-order valence-electron chi connectivity index (χ2n) is 6.27. The van der Waals surface area contributed by atoms with Gasteiger partial charge < -0.3 is 4.90 Å². The number of amides is 1. The van der Waals surface area contributed by atoms with E-state index in [1.165, 1.54) is 0 Å². The van der Waals surface area contributed by atoms with Crippen LogP contribution < -0.4 is 0 Å². The first kappa shape index (κ1) is 14.5. The Kier molecular flexibility index (Phi) is 3.95. The van der Waals surface area contributed by atoms with E-state index in [1.54, 1.807) is 6.20 Å². The van der Waals surface area contributed by atoms with E-state index in [0.29, 0.717) is 19.4 Å². The topological polar surface area (TPSA) is 49.0 Å². The molecule has 4 nitrogen and oxygen atoms in total.